The average molecular weight is 526 g/mol. The van der Waals surface area contributed by atoms with E-state index < -0.39 is 12.1 Å². The first kappa shape index (κ1) is 24.9. The molecule has 0 bridgehead atoms. The van der Waals surface area contributed by atoms with Crippen LogP contribution in [0.4, 0.5) is 0 Å². The summed E-state index contributed by atoms with van der Waals surface area (Å²) in [5.41, 5.74) is 4.95. The Labute approximate surface area is 227 Å². The van der Waals surface area contributed by atoms with E-state index in [0.29, 0.717) is 30.9 Å². The van der Waals surface area contributed by atoms with E-state index in [4.69, 9.17) is 14.2 Å². The largest absolute Gasteiger partial charge is 0.497 e. The number of nitrogens with zero attached hydrogens (tertiary/aromatic N) is 2. The molecule has 2 aliphatic heterocycles. The SMILES string of the molecule is COc1ccc(CCN2CC(=O)N3[C@@H](c4ccc(OC)c(OC)c4)c4[nH]c5ccccc5c4C[C@H]3C2=O)cc1. The first-order valence-electron chi connectivity index (χ1n) is 13.1. The van der Waals surface area contributed by atoms with Gasteiger partial charge >= 0.3 is 0 Å². The predicted octanol–water partition coefficient (Wildman–Crippen LogP) is 4.12. The molecule has 2 atom stereocenters. The third-order valence-electron chi connectivity index (χ3n) is 7.90. The van der Waals surface area contributed by atoms with Gasteiger partial charge in [0.25, 0.3) is 0 Å². The molecule has 4 aromatic rings. The number of methoxy groups -OCH3 is 3. The number of aromatic nitrogens is 1. The number of fused-ring (bicyclic) bond motifs is 4. The van der Waals surface area contributed by atoms with Gasteiger partial charge in [-0.2, -0.15) is 0 Å². The standard InChI is InChI=1S/C31H31N3O5/c1-37-21-11-8-19(9-12-21)14-15-33-18-28(35)34-25(31(33)36)17-23-22-6-4-5-7-24(22)32-29(23)30(34)20-10-13-26(38-2)27(16-20)39-3/h4-13,16,25,30,32H,14-15,17-18H2,1-3H3/t25-,30-/m0/s1. The lowest BCUT2D eigenvalue weighted by atomic mass is 9.86. The Morgan fingerprint density at radius 1 is 0.897 bits per heavy atom. The Morgan fingerprint density at radius 2 is 1.67 bits per heavy atom. The van der Waals surface area contributed by atoms with Crippen molar-refractivity contribution in [3.05, 3.63) is 89.1 Å². The molecule has 0 aliphatic carbocycles. The Bertz CT molecular complexity index is 1540. The van der Waals surface area contributed by atoms with E-state index in [-0.39, 0.29) is 18.4 Å². The van der Waals surface area contributed by atoms with E-state index in [1.165, 1.54) is 0 Å². The van der Waals surface area contributed by atoms with Gasteiger partial charge in [-0.3, -0.25) is 9.59 Å². The average Bonchev–Trinajstić information content (AvgIpc) is 3.35. The van der Waals surface area contributed by atoms with E-state index in [1.807, 2.05) is 60.7 Å². The van der Waals surface area contributed by atoms with Crippen LogP contribution in [0.3, 0.4) is 0 Å². The van der Waals surface area contributed by atoms with Gasteiger partial charge in [0, 0.05) is 29.6 Å². The number of piperazine rings is 1. The highest BCUT2D eigenvalue weighted by Crippen LogP contribution is 2.44. The highest BCUT2D eigenvalue weighted by Gasteiger charge is 2.48. The van der Waals surface area contributed by atoms with Crippen LogP contribution in [0.5, 0.6) is 17.2 Å². The molecule has 0 unspecified atom stereocenters. The maximum absolute atomic E-state index is 14.0. The number of hydrogen-bond acceptors (Lipinski definition) is 5. The Balaban J connectivity index is 1.37. The van der Waals surface area contributed by atoms with Crippen molar-refractivity contribution in [2.45, 2.75) is 24.9 Å². The van der Waals surface area contributed by atoms with Gasteiger partial charge in [0.2, 0.25) is 11.8 Å². The molecule has 1 N–H and O–H groups in total. The molecular weight excluding hydrogens is 494 g/mol. The van der Waals surface area contributed by atoms with E-state index in [0.717, 1.165) is 39.0 Å². The molecular formula is C31H31N3O5. The lowest BCUT2D eigenvalue weighted by Gasteiger charge is -2.47. The van der Waals surface area contributed by atoms with Gasteiger partial charge in [-0.05, 0) is 53.4 Å². The summed E-state index contributed by atoms with van der Waals surface area (Å²) in [6.45, 7) is 0.522. The van der Waals surface area contributed by atoms with Crippen LogP contribution < -0.4 is 14.2 Å². The third-order valence-corrected chi connectivity index (χ3v) is 7.90. The molecule has 0 saturated carbocycles. The normalized spacial score (nSPS) is 18.6. The van der Waals surface area contributed by atoms with Gasteiger partial charge in [-0.1, -0.05) is 36.4 Å². The fraction of sp³-hybridized carbons (Fsp3) is 0.290. The number of aromatic amines is 1. The molecule has 1 aromatic heterocycles. The van der Waals surface area contributed by atoms with Gasteiger partial charge in [-0.25, -0.2) is 0 Å². The minimum absolute atomic E-state index is 0.0236. The van der Waals surface area contributed by atoms with Crippen molar-refractivity contribution >= 4 is 22.7 Å². The molecule has 6 rings (SSSR count). The highest BCUT2D eigenvalue weighted by molar-refractivity contribution is 5.97. The summed E-state index contributed by atoms with van der Waals surface area (Å²) in [7, 11) is 4.82. The fourth-order valence-electron chi connectivity index (χ4n) is 5.94. The number of para-hydroxylation sites is 1. The van der Waals surface area contributed by atoms with E-state index in [2.05, 4.69) is 11.1 Å². The number of ether oxygens (including phenoxy) is 3. The maximum Gasteiger partial charge on any atom is 0.246 e. The highest BCUT2D eigenvalue weighted by atomic mass is 16.5. The number of H-pyrrole nitrogens is 1. The van der Waals surface area contributed by atoms with Crippen LogP contribution >= 0.6 is 0 Å². The second kappa shape index (κ2) is 10.0. The van der Waals surface area contributed by atoms with Crippen LogP contribution in [0.2, 0.25) is 0 Å². The number of hydrogen-bond donors (Lipinski definition) is 1. The van der Waals surface area contributed by atoms with Gasteiger partial charge in [-0.15, -0.1) is 0 Å². The van der Waals surface area contributed by atoms with Crippen molar-refractivity contribution in [3.63, 3.8) is 0 Å². The Kier molecular flexibility index (Phi) is 6.38. The monoisotopic (exact) mass is 525 g/mol. The number of nitrogens with one attached hydrogen (secondary N) is 1. The third kappa shape index (κ3) is 4.26. The maximum atomic E-state index is 14.0. The molecule has 2 aliphatic rings. The van der Waals surface area contributed by atoms with Crippen molar-refractivity contribution in [1.82, 2.24) is 14.8 Å². The van der Waals surface area contributed by atoms with Gasteiger partial charge < -0.3 is 29.0 Å². The first-order valence-corrected chi connectivity index (χ1v) is 13.1. The van der Waals surface area contributed by atoms with Crippen molar-refractivity contribution in [1.29, 1.82) is 0 Å². The smallest absolute Gasteiger partial charge is 0.246 e. The zero-order chi connectivity index (χ0) is 27.1. The van der Waals surface area contributed by atoms with Crippen LogP contribution in [-0.2, 0) is 22.4 Å². The van der Waals surface area contributed by atoms with Crippen LogP contribution in [0.15, 0.2) is 66.7 Å². The lowest BCUT2D eigenvalue weighted by molar-refractivity contribution is -0.158. The number of rotatable bonds is 7. The van der Waals surface area contributed by atoms with E-state index in [9.17, 15) is 9.59 Å². The summed E-state index contributed by atoms with van der Waals surface area (Å²) < 4.78 is 16.3. The molecule has 3 aromatic carbocycles. The minimum atomic E-state index is -0.591. The van der Waals surface area contributed by atoms with Crippen molar-refractivity contribution in [3.8, 4) is 17.2 Å². The molecule has 0 radical (unpaired) electrons. The summed E-state index contributed by atoms with van der Waals surface area (Å²) in [6, 6.07) is 20.5. The van der Waals surface area contributed by atoms with Gasteiger partial charge in [0.15, 0.2) is 11.5 Å². The predicted molar refractivity (Wildman–Crippen MR) is 147 cm³/mol. The van der Waals surface area contributed by atoms with Crippen molar-refractivity contribution < 1.29 is 23.8 Å². The summed E-state index contributed by atoms with van der Waals surface area (Å²) in [4.78, 5) is 34.8. The first-order chi connectivity index (χ1) is 19.0. The van der Waals surface area contributed by atoms with Crippen molar-refractivity contribution in [2.75, 3.05) is 34.4 Å². The second-order valence-electron chi connectivity index (χ2n) is 9.96. The number of amides is 2. The van der Waals surface area contributed by atoms with Gasteiger partial charge in [0.05, 0.1) is 33.9 Å². The summed E-state index contributed by atoms with van der Waals surface area (Å²) in [5.74, 6) is 1.88. The van der Waals surface area contributed by atoms with Gasteiger partial charge in [0.1, 0.15) is 11.8 Å². The lowest BCUT2D eigenvalue weighted by Crippen LogP contribution is -2.63. The summed E-state index contributed by atoms with van der Waals surface area (Å²) in [6.07, 6.45) is 1.12. The van der Waals surface area contributed by atoms with Crippen LogP contribution in [0.1, 0.15) is 28.4 Å². The molecule has 1 saturated heterocycles. The van der Waals surface area contributed by atoms with Crippen LogP contribution in [0.25, 0.3) is 10.9 Å². The topological polar surface area (TPSA) is 84.1 Å². The molecule has 1 fully saturated rings. The number of carbonyl (C=O) groups excluding carboxylic acids is 2. The van der Waals surface area contributed by atoms with Crippen LogP contribution in [-0.4, -0.2) is 67.1 Å². The number of benzene rings is 3. The molecule has 2 amide bonds. The Hall–Kier alpha value is -4.46. The second-order valence-corrected chi connectivity index (χ2v) is 9.96. The molecule has 39 heavy (non-hydrogen) atoms. The fourth-order valence-corrected chi connectivity index (χ4v) is 5.94. The van der Waals surface area contributed by atoms with E-state index in [1.54, 1.807) is 31.1 Å². The van der Waals surface area contributed by atoms with E-state index >= 15 is 0 Å². The van der Waals surface area contributed by atoms with Crippen molar-refractivity contribution in [2.24, 2.45) is 0 Å². The quantitative estimate of drug-likeness (QED) is 0.393. The van der Waals surface area contributed by atoms with Crippen LogP contribution in [0, 0.1) is 0 Å². The summed E-state index contributed by atoms with van der Waals surface area (Å²) in [5, 5.41) is 1.08. The minimum Gasteiger partial charge on any atom is -0.497 e. The molecule has 8 nitrogen and oxygen atoms in total. The molecule has 200 valence electrons. The zero-order valence-corrected chi connectivity index (χ0v) is 22.3. The molecule has 3 heterocycles. The molecule has 0 spiro atoms. The number of carbonyl (C=O) groups is 2. The Morgan fingerprint density at radius 3 is 2.41 bits per heavy atom. The molecule has 8 heteroatoms. The zero-order valence-electron chi connectivity index (χ0n) is 22.3. The summed E-state index contributed by atoms with van der Waals surface area (Å²) >= 11 is 0.